The van der Waals surface area contributed by atoms with E-state index >= 15 is 0 Å². The predicted molar refractivity (Wildman–Crippen MR) is 147 cm³/mol. The van der Waals surface area contributed by atoms with Gasteiger partial charge in [0.1, 0.15) is 0 Å². The molecule has 3 atom stereocenters. The first-order chi connectivity index (χ1) is 22.4. The van der Waals surface area contributed by atoms with Gasteiger partial charge in [-0.05, 0) is 49.1 Å². The van der Waals surface area contributed by atoms with Crippen LogP contribution in [0, 0.1) is 17.8 Å². The number of aromatic nitrogens is 6. The average Bonchev–Trinajstić information content (AvgIpc) is 3.58. The Balaban J connectivity index is 1.20. The van der Waals surface area contributed by atoms with Gasteiger partial charge in [0.05, 0.1) is 55.3 Å². The summed E-state index contributed by atoms with van der Waals surface area (Å²) in [5.74, 6) is -15.0. The summed E-state index contributed by atoms with van der Waals surface area (Å²) < 4.78 is 122. The van der Waals surface area contributed by atoms with Crippen LogP contribution in [0.2, 0.25) is 0 Å². The second-order valence-corrected chi connectivity index (χ2v) is 13.0. The number of rotatable bonds is 11. The minimum Gasteiger partial charge on any atom is -0.349 e. The van der Waals surface area contributed by atoms with E-state index < -0.39 is 98.3 Å². The molecule has 0 radical (unpaired) electrons. The fraction of sp³-hybridized carbons (Fsp3) is 0.655. The molecule has 3 saturated carbocycles. The third-order valence-electron chi connectivity index (χ3n) is 9.28. The third-order valence-corrected chi connectivity index (χ3v) is 9.28. The lowest BCUT2D eigenvalue weighted by Gasteiger charge is -2.43. The van der Waals surface area contributed by atoms with Crippen LogP contribution in [0.25, 0.3) is 5.65 Å². The van der Waals surface area contributed by atoms with Gasteiger partial charge in [0.25, 0.3) is 5.91 Å². The van der Waals surface area contributed by atoms with Gasteiger partial charge in [0.15, 0.2) is 11.3 Å². The van der Waals surface area contributed by atoms with Gasteiger partial charge in [0, 0.05) is 25.7 Å². The van der Waals surface area contributed by atoms with Crippen LogP contribution in [0.5, 0.6) is 0 Å². The van der Waals surface area contributed by atoms with Gasteiger partial charge in [0.2, 0.25) is 11.8 Å². The highest BCUT2D eigenvalue weighted by Gasteiger charge is 2.71. The van der Waals surface area contributed by atoms with Crippen molar-refractivity contribution in [3.63, 3.8) is 0 Å². The van der Waals surface area contributed by atoms with Crippen LogP contribution < -0.4 is 10.6 Å². The minimum absolute atomic E-state index is 0.00473. The molecule has 19 heteroatoms. The summed E-state index contributed by atoms with van der Waals surface area (Å²) in [6.45, 7) is -0.602. The largest absolute Gasteiger partial charge is 0.389 e. The van der Waals surface area contributed by atoms with Crippen molar-refractivity contribution in [3.05, 3.63) is 41.6 Å². The van der Waals surface area contributed by atoms with E-state index in [1.54, 1.807) is 6.07 Å². The number of halogens is 9. The molecule has 6 rings (SSSR count). The number of fused-ring (bicyclic) bond motifs is 1. The minimum atomic E-state index is -4.48. The SMILES string of the molecule is O=C(CCC(F)(F)F)N[C@@H](c1cnn2cc([C@@H](NC(=O)c3cn(CC4CC(F)(F)C4(F)F)nn3)C3CCC(F)(F)CC3)nc2c1)C1CC1. The highest BCUT2D eigenvalue weighted by Crippen LogP contribution is 2.55. The zero-order valence-corrected chi connectivity index (χ0v) is 25.2. The second-order valence-electron chi connectivity index (χ2n) is 13.0. The molecular weight excluding hydrogens is 663 g/mol. The summed E-state index contributed by atoms with van der Waals surface area (Å²) in [6, 6.07) is 0.0657. The predicted octanol–water partition coefficient (Wildman–Crippen LogP) is 5.82. The van der Waals surface area contributed by atoms with Gasteiger partial charge < -0.3 is 10.6 Å². The molecule has 0 saturated heterocycles. The van der Waals surface area contributed by atoms with Gasteiger partial charge in [-0.1, -0.05) is 5.21 Å². The quantitative estimate of drug-likeness (QED) is 0.245. The maximum Gasteiger partial charge on any atom is 0.389 e. The topological polar surface area (TPSA) is 119 Å². The fourth-order valence-corrected chi connectivity index (χ4v) is 6.32. The number of nitrogens with one attached hydrogen (secondary N) is 2. The Morgan fingerprint density at radius 3 is 2.27 bits per heavy atom. The summed E-state index contributed by atoms with van der Waals surface area (Å²) in [4.78, 5) is 30.2. The molecule has 3 aliphatic rings. The van der Waals surface area contributed by atoms with E-state index in [1.807, 2.05) is 0 Å². The monoisotopic (exact) mass is 694 g/mol. The average molecular weight is 695 g/mol. The second kappa shape index (κ2) is 12.2. The highest BCUT2D eigenvalue weighted by molar-refractivity contribution is 5.92. The summed E-state index contributed by atoms with van der Waals surface area (Å²) in [6.07, 6.45) is -2.89. The molecule has 3 aromatic rings. The molecule has 10 nitrogen and oxygen atoms in total. The molecule has 0 aliphatic heterocycles. The van der Waals surface area contributed by atoms with Crippen molar-refractivity contribution in [1.29, 1.82) is 0 Å². The maximum atomic E-state index is 14.0. The highest BCUT2D eigenvalue weighted by atomic mass is 19.4. The molecule has 0 aromatic carbocycles. The van der Waals surface area contributed by atoms with Gasteiger partial charge in [-0.15, -0.1) is 5.10 Å². The summed E-state index contributed by atoms with van der Waals surface area (Å²) in [5, 5.41) is 17.0. The summed E-state index contributed by atoms with van der Waals surface area (Å²) in [5.41, 5.74) is 0.714. The lowest BCUT2D eigenvalue weighted by atomic mass is 9.77. The zero-order chi connectivity index (χ0) is 34.6. The number of carbonyl (C=O) groups excluding carboxylic acids is 2. The molecule has 3 aromatic heterocycles. The van der Waals surface area contributed by atoms with Crippen molar-refractivity contribution < 1.29 is 49.1 Å². The molecule has 48 heavy (non-hydrogen) atoms. The van der Waals surface area contributed by atoms with Crippen molar-refractivity contribution in [1.82, 2.24) is 40.2 Å². The Morgan fingerprint density at radius 2 is 1.65 bits per heavy atom. The summed E-state index contributed by atoms with van der Waals surface area (Å²) in [7, 11) is 0. The molecule has 2 amide bonds. The van der Waals surface area contributed by atoms with Gasteiger partial charge in [-0.25, -0.2) is 18.3 Å². The number of amides is 2. The van der Waals surface area contributed by atoms with Gasteiger partial charge in [-0.3, -0.25) is 14.3 Å². The van der Waals surface area contributed by atoms with E-state index in [1.165, 1.54) is 16.9 Å². The van der Waals surface area contributed by atoms with E-state index in [2.05, 4.69) is 31.0 Å². The van der Waals surface area contributed by atoms with Crippen molar-refractivity contribution >= 4 is 17.5 Å². The molecule has 262 valence electrons. The lowest BCUT2D eigenvalue weighted by Crippen LogP contribution is -2.59. The van der Waals surface area contributed by atoms with Crippen LogP contribution in [0.3, 0.4) is 0 Å². The van der Waals surface area contributed by atoms with Crippen molar-refractivity contribution in [2.24, 2.45) is 17.8 Å². The van der Waals surface area contributed by atoms with Crippen molar-refractivity contribution in [2.45, 2.75) is 100 Å². The molecule has 3 aliphatic carbocycles. The Kier molecular flexibility index (Phi) is 8.62. The van der Waals surface area contributed by atoms with Crippen LogP contribution in [0.4, 0.5) is 39.5 Å². The van der Waals surface area contributed by atoms with Crippen LogP contribution in [-0.2, 0) is 11.3 Å². The van der Waals surface area contributed by atoms with Crippen LogP contribution in [0.1, 0.15) is 91.6 Å². The standard InChI is InChI=1S/C29H31F9N8O2/c30-26(31)6-3-16(4-7-26)24(42-25(48)20-13-45(44-43-20)12-18-10-27(32,33)29(18,37)38)19-14-46-21(40-19)9-17(11-39-46)23(15-1-2-15)41-22(47)5-8-28(34,35)36/h9,11,13-16,18,23-24H,1-8,10,12H2,(H,41,47)(H,42,48)/t18?,23-,24+/m1/s1. The van der Waals surface area contributed by atoms with Crippen LogP contribution in [0.15, 0.2) is 24.7 Å². The van der Waals surface area contributed by atoms with E-state index in [9.17, 15) is 49.1 Å². The van der Waals surface area contributed by atoms with Gasteiger partial charge in [-0.2, -0.15) is 35.8 Å². The molecule has 2 N–H and O–H groups in total. The number of hydrogen-bond donors (Lipinski definition) is 2. The van der Waals surface area contributed by atoms with Crippen LogP contribution in [-0.4, -0.2) is 65.4 Å². The molecule has 1 unspecified atom stereocenters. The Bertz CT molecular complexity index is 1660. The number of alkyl halides is 9. The Morgan fingerprint density at radius 1 is 0.958 bits per heavy atom. The lowest BCUT2D eigenvalue weighted by molar-refractivity contribution is -0.316. The maximum absolute atomic E-state index is 14.0. The smallest absolute Gasteiger partial charge is 0.349 e. The number of imidazole rings is 1. The Hall–Kier alpha value is -3.93. The molecule has 0 spiro atoms. The number of hydrogen-bond acceptors (Lipinski definition) is 6. The molecule has 3 fully saturated rings. The van der Waals surface area contributed by atoms with Crippen molar-refractivity contribution in [3.8, 4) is 0 Å². The molecule has 0 bridgehead atoms. The van der Waals surface area contributed by atoms with Gasteiger partial charge >= 0.3 is 18.0 Å². The fourth-order valence-electron chi connectivity index (χ4n) is 6.32. The van der Waals surface area contributed by atoms with Crippen molar-refractivity contribution in [2.75, 3.05) is 0 Å². The number of nitrogens with zero attached hydrogens (tertiary/aromatic N) is 6. The van der Waals surface area contributed by atoms with E-state index in [-0.39, 0.29) is 35.8 Å². The summed E-state index contributed by atoms with van der Waals surface area (Å²) >= 11 is 0. The van der Waals surface area contributed by atoms with Crippen LogP contribution >= 0.6 is 0 Å². The zero-order valence-electron chi connectivity index (χ0n) is 25.2. The van der Waals surface area contributed by atoms with E-state index in [0.29, 0.717) is 5.56 Å². The Labute approximate surface area is 266 Å². The normalized spacial score (nSPS) is 23.3. The molecule has 3 heterocycles. The first kappa shape index (κ1) is 34.0. The number of carbonyl (C=O) groups is 2. The first-order valence-corrected chi connectivity index (χ1v) is 15.5. The van der Waals surface area contributed by atoms with E-state index in [0.717, 1.165) is 23.7 Å². The van der Waals surface area contributed by atoms with E-state index in [4.69, 9.17) is 0 Å². The third kappa shape index (κ3) is 7.23. The first-order valence-electron chi connectivity index (χ1n) is 15.5. The molecular formula is C29H31F9N8O2.